The molecular formula is C9H19Y5-3. The van der Waals surface area contributed by atoms with E-state index in [0.717, 1.165) is 0 Å². The van der Waals surface area contributed by atoms with Crippen LogP contribution in [0.25, 0.3) is 0 Å². The van der Waals surface area contributed by atoms with E-state index < -0.39 is 0 Å². The first kappa shape index (κ1) is 42.7. The molecule has 0 aromatic rings. The zero-order valence-electron chi connectivity index (χ0n) is 10.0. The largest absolute Gasteiger partial charge is 0.369 e. The van der Waals surface area contributed by atoms with E-state index in [1.165, 1.54) is 0 Å². The molecule has 14 heavy (non-hydrogen) atoms. The van der Waals surface area contributed by atoms with Crippen LogP contribution in [0.2, 0.25) is 0 Å². The first-order chi connectivity index (χ1) is 4.06. The predicted molar refractivity (Wildman–Crippen MR) is 44.7 cm³/mol. The smallest absolute Gasteiger partial charge is 0 e. The number of hydrogen-bond donors (Lipinski definition) is 0. The van der Waals surface area contributed by atoms with Crippen molar-refractivity contribution in [3.05, 3.63) is 20.3 Å². The SMILES string of the molecule is C[CH-]C.[CH2-]C([CH2-])C(C)C.[Y].[Y].[Y].[Y].[Y]. The average Bonchev–Trinajstić information content (AvgIpc) is 1.68. The summed E-state index contributed by atoms with van der Waals surface area (Å²) in [4.78, 5) is 0. The molecule has 5 heteroatoms. The molecule has 0 N–H and O–H groups in total. The van der Waals surface area contributed by atoms with Crippen molar-refractivity contribution in [2.45, 2.75) is 27.7 Å². The third-order valence-electron chi connectivity index (χ3n) is 0.943. The van der Waals surface area contributed by atoms with Gasteiger partial charge in [-0.1, -0.05) is 19.8 Å². The van der Waals surface area contributed by atoms with Gasteiger partial charge in [-0.15, -0.1) is 0 Å². The molecule has 0 aliphatic rings. The molecule has 0 aliphatic carbocycles. The zero-order valence-corrected chi connectivity index (χ0v) is 24.2. The van der Waals surface area contributed by atoms with E-state index in [1.54, 1.807) is 0 Å². The molecule has 0 aliphatic heterocycles. The Balaban J connectivity index is -0.0000000113. The van der Waals surface area contributed by atoms with Crippen molar-refractivity contribution in [3.8, 4) is 0 Å². The Morgan fingerprint density at radius 2 is 0.857 bits per heavy atom. The Hall–Kier alpha value is 5.52. The maximum Gasteiger partial charge on any atom is 0 e. The average molecular weight is 572 g/mol. The molecule has 5 radical (unpaired) electrons. The van der Waals surface area contributed by atoms with Crippen molar-refractivity contribution in [2.75, 3.05) is 0 Å². The van der Waals surface area contributed by atoms with Crippen LogP contribution < -0.4 is 0 Å². The van der Waals surface area contributed by atoms with Gasteiger partial charge in [-0.2, -0.15) is 13.8 Å². The minimum Gasteiger partial charge on any atom is -0.369 e. The summed E-state index contributed by atoms with van der Waals surface area (Å²) in [5.74, 6) is 0.981. The van der Waals surface area contributed by atoms with Gasteiger partial charge in [0.2, 0.25) is 0 Å². The van der Waals surface area contributed by atoms with Gasteiger partial charge in [0.1, 0.15) is 0 Å². The molecule has 0 heterocycles. The Morgan fingerprint density at radius 3 is 0.857 bits per heavy atom. The van der Waals surface area contributed by atoms with Crippen LogP contribution in [0.1, 0.15) is 27.7 Å². The minimum absolute atomic E-state index is 0. The van der Waals surface area contributed by atoms with Gasteiger partial charge in [0, 0.05) is 164 Å². The molecular weight excluding hydrogens is 553 g/mol. The Labute approximate surface area is 218 Å². The summed E-state index contributed by atoms with van der Waals surface area (Å²) in [6, 6.07) is 0. The van der Waals surface area contributed by atoms with E-state index in [0.29, 0.717) is 11.8 Å². The summed E-state index contributed by atoms with van der Waals surface area (Å²) in [6.45, 7) is 15.7. The van der Waals surface area contributed by atoms with Gasteiger partial charge in [0.15, 0.2) is 0 Å². The molecule has 0 atom stereocenters. The Bertz CT molecular complexity index is 42.5. The molecule has 0 unspecified atom stereocenters. The molecule has 0 saturated heterocycles. The second-order valence-corrected chi connectivity index (χ2v) is 2.58. The van der Waals surface area contributed by atoms with Crippen LogP contribution in [0.5, 0.6) is 0 Å². The van der Waals surface area contributed by atoms with Crippen LogP contribution in [0.15, 0.2) is 0 Å². The van der Waals surface area contributed by atoms with Crippen LogP contribution in [0.4, 0.5) is 0 Å². The molecule has 0 fully saturated rings. The van der Waals surface area contributed by atoms with Gasteiger partial charge in [0.05, 0.1) is 0 Å². The predicted octanol–water partition coefficient (Wildman–Crippen LogP) is 3.14. The second kappa shape index (κ2) is 36.3. The molecule has 0 amide bonds. The van der Waals surface area contributed by atoms with E-state index >= 15 is 0 Å². The van der Waals surface area contributed by atoms with Crippen LogP contribution >= 0.6 is 0 Å². The fourth-order valence-corrected chi connectivity index (χ4v) is 0. The molecule has 0 aromatic heterocycles. The van der Waals surface area contributed by atoms with Crippen LogP contribution in [0, 0.1) is 32.1 Å². The van der Waals surface area contributed by atoms with Gasteiger partial charge in [0.25, 0.3) is 0 Å². The van der Waals surface area contributed by atoms with Gasteiger partial charge in [-0.25, -0.2) is 0 Å². The van der Waals surface area contributed by atoms with Crippen molar-refractivity contribution in [1.29, 1.82) is 0 Å². The summed E-state index contributed by atoms with van der Waals surface area (Å²) in [7, 11) is 0. The fraction of sp³-hybridized carbons (Fsp3) is 0.667. The molecule has 0 nitrogen and oxygen atoms in total. The summed E-state index contributed by atoms with van der Waals surface area (Å²) in [6.07, 6.45) is 2.00. The minimum atomic E-state index is 0. The molecule has 0 spiro atoms. The van der Waals surface area contributed by atoms with Crippen molar-refractivity contribution in [3.63, 3.8) is 0 Å². The summed E-state index contributed by atoms with van der Waals surface area (Å²) >= 11 is 0. The van der Waals surface area contributed by atoms with Crippen molar-refractivity contribution >= 4 is 0 Å². The molecule has 0 saturated carbocycles. The normalized spacial score (nSPS) is 6.00. The van der Waals surface area contributed by atoms with Crippen molar-refractivity contribution in [1.82, 2.24) is 0 Å². The summed E-state index contributed by atoms with van der Waals surface area (Å²) in [5.41, 5.74) is 0. The topological polar surface area (TPSA) is 0 Å². The second-order valence-electron chi connectivity index (χ2n) is 2.58. The van der Waals surface area contributed by atoms with E-state index in [-0.39, 0.29) is 164 Å². The number of rotatable bonds is 1. The molecule has 73 valence electrons. The summed E-state index contributed by atoms with van der Waals surface area (Å²) in [5, 5.41) is 0. The zero-order chi connectivity index (χ0) is 7.86. The van der Waals surface area contributed by atoms with Crippen LogP contribution in [-0.4, -0.2) is 0 Å². The van der Waals surface area contributed by atoms with E-state index in [2.05, 4.69) is 27.7 Å². The Kier molecular flexibility index (Phi) is 111. The van der Waals surface area contributed by atoms with Gasteiger partial charge in [-0.3, -0.25) is 0 Å². The third kappa shape index (κ3) is 52.8. The standard InChI is InChI=1S/C6H12.C3H7.5Y/c1-5(2)6(3)4;1-3-2;;;;;/h5-6H,1-2H2,3-4H3;3H,1-2H3;;;;;/q-2;-1;;;;;. The molecule has 0 aromatic carbocycles. The fourth-order valence-electron chi connectivity index (χ4n) is 0. The first-order valence-corrected chi connectivity index (χ1v) is 3.46. The maximum absolute atomic E-state index is 3.73. The van der Waals surface area contributed by atoms with E-state index in [1.807, 2.05) is 20.3 Å². The van der Waals surface area contributed by atoms with E-state index in [4.69, 9.17) is 0 Å². The van der Waals surface area contributed by atoms with Crippen LogP contribution in [-0.2, 0) is 164 Å². The van der Waals surface area contributed by atoms with E-state index in [9.17, 15) is 0 Å². The molecule has 0 bridgehead atoms. The van der Waals surface area contributed by atoms with Gasteiger partial charge < -0.3 is 26.2 Å². The van der Waals surface area contributed by atoms with Gasteiger partial charge >= 0.3 is 0 Å². The monoisotopic (exact) mass is 572 g/mol. The number of hydrogen-bond acceptors (Lipinski definition) is 0. The first-order valence-electron chi connectivity index (χ1n) is 3.46. The maximum atomic E-state index is 3.73. The summed E-state index contributed by atoms with van der Waals surface area (Å²) < 4.78 is 0. The molecule has 0 rings (SSSR count). The Morgan fingerprint density at radius 1 is 0.786 bits per heavy atom. The van der Waals surface area contributed by atoms with Crippen molar-refractivity contribution in [2.24, 2.45) is 11.8 Å². The van der Waals surface area contributed by atoms with Crippen molar-refractivity contribution < 1.29 is 164 Å². The quantitative estimate of drug-likeness (QED) is 0.425. The van der Waals surface area contributed by atoms with Crippen LogP contribution in [0.3, 0.4) is 0 Å². The van der Waals surface area contributed by atoms with Gasteiger partial charge in [-0.05, 0) is 0 Å². The third-order valence-corrected chi connectivity index (χ3v) is 0.943.